The number of H-pyrrole nitrogens is 1. The third-order valence-corrected chi connectivity index (χ3v) is 3.24. The quantitative estimate of drug-likeness (QED) is 0.547. The largest absolute Gasteiger partial charge is 0.463 e. The van der Waals surface area contributed by atoms with Crippen molar-refractivity contribution in [1.82, 2.24) is 20.6 Å². The number of aromatic nitrogens is 4. The average molecular weight is 342 g/mol. The number of hydrogen-bond acceptors (Lipinski definition) is 10. The van der Waals surface area contributed by atoms with Gasteiger partial charge in [0, 0.05) is 27.2 Å². The number of nitrogens with one attached hydrogen (secondary N) is 1. The number of esters is 3. The number of carbonyl (C=O) groups is 3. The Kier molecular flexibility index (Phi) is 5.79. The first-order chi connectivity index (χ1) is 11.4. The number of aromatic amines is 1. The number of rotatable bonds is 5. The fourth-order valence-electron chi connectivity index (χ4n) is 2.41. The lowest BCUT2D eigenvalue weighted by atomic mass is 9.97. The van der Waals surface area contributed by atoms with Gasteiger partial charge in [0.2, 0.25) is 5.82 Å². The van der Waals surface area contributed by atoms with Gasteiger partial charge >= 0.3 is 17.9 Å². The van der Waals surface area contributed by atoms with E-state index in [9.17, 15) is 14.4 Å². The maximum atomic E-state index is 11.4. The van der Waals surface area contributed by atoms with Crippen molar-refractivity contribution >= 4 is 17.9 Å². The zero-order chi connectivity index (χ0) is 17.7. The van der Waals surface area contributed by atoms with Crippen molar-refractivity contribution in [1.29, 1.82) is 0 Å². The van der Waals surface area contributed by atoms with Crippen molar-refractivity contribution in [3.63, 3.8) is 0 Å². The van der Waals surface area contributed by atoms with Crippen LogP contribution >= 0.6 is 0 Å². The highest BCUT2D eigenvalue weighted by molar-refractivity contribution is 5.67. The molecule has 0 bridgehead atoms. The van der Waals surface area contributed by atoms with E-state index in [1.807, 2.05) is 0 Å². The normalized spacial score (nSPS) is 26.5. The molecule has 0 spiro atoms. The summed E-state index contributed by atoms with van der Waals surface area (Å²) in [4.78, 5) is 33.8. The van der Waals surface area contributed by atoms with Crippen LogP contribution in [0.4, 0.5) is 0 Å². The monoisotopic (exact) mass is 342 g/mol. The van der Waals surface area contributed by atoms with E-state index >= 15 is 0 Å². The predicted molar refractivity (Wildman–Crippen MR) is 74.1 cm³/mol. The molecule has 1 N–H and O–H groups in total. The van der Waals surface area contributed by atoms with Crippen LogP contribution in [0.25, 0.3) is 0 Å². The minimum absolute atomic E-state index is 0.160. The van der Waals surface area contributed by atoms with E-state index in [1.165, 1.54) is 20.8 Å². The first-order valence-electron chi connectivity index (χ1n) is 7.23. The third-order valence-electron chi connectivity index (χ3n) is 3.24. The number of carbonyl (C=O) groups excluding carboxylic acids is 3. The molecule has 11 heteroatoms. The highest BCUT2D eigenvalue weighted by Gasteiger charge is 2.45. The first kappa shape index (κ1) is 17.8. The van der Waals surface area contributed by atoms with E-state index in [1.54, 1.807) is 0 Å². The van der Waals surface area contributed by atoms with E-state index in [0.29, 0.717) is 0 Å². The Morgan fingerprint density at radius 2 is 1.88 bits per heavy atom. The molecule has 2 heterocycles. The van der Waals surface area contributed by atoms with Gasteiger partial charge < -0.3 is 18.9 Å². The molecule has 1 aromatic heterocycles. The molecule has 1 fully saturated rings. The van der Waals surface area contributed by atoms with E-state index in [4.69, 9.17) is 18.9 Å². The van der Waals surface area contributed by atoms with Crippen LogP contribution in [-0.2, 0) is 33.3 Å². The molecule has 1 aromatic rings. The zero-order valence-electron chi connectivity index (χ0n) is 13.4. The molecule has 11 nitrogen and oxygen atoms in total. The second kappa shape index (κ2) is 7.81. The van der Waals surface area contributed by atoms with Gasteiger partial charge in [-0.1, -0.05) is 5.21 Å². The number of tetrazole rings is 1. The van der Waals surface area contributed by atoms with Gasteiger partial charge in [-0.05, 0) is 0 Å². The number of nitrogens with zero attached hydrogens (tertiary/aromatic N) is 3. The second-order valence-corrected chi connectivity index (χ2v) is 5.19. The van der Waals surface area contributed by atoms with Crippen LogP contribution in [0.2, 0.25) is 0 Å². The summed E-state index contributed by atoms with van der Waals surface area (Å²) in [6.07, 6.45) is -3.08. The highest BCUT2D eigenvalue weighted by Crippen LogP contribution is 2.33. The summed E-state index contributed by atoms with van der Waals surface area (Å²) in [5, 5.41) is 13.4. The lowest BCUT2D eigenvalue weighted by Gasteiger charge is -2.39. The van der Waals surface area contributed by atoms with Gasteiger partial charge in [-0.15, -0.1) is 10.2 Å². The maximum absolute atomic E-state index is 11.4. The molecule has 0 unspecified atom stereocenters. The molecule has 24 heavy (non-hydrogen) atoms. The fraction of sp³-hybridized carbons (Fsp3) is 0.692. The van der Waals surface area contributed by atoms with Crippen LogP contribution in [-0.4, -0.2) is 63.5 Å². The van der Waals surface area contributed by atoms with E-state index < -0.39 is 42.3 Å². The molecule has 132 valence electrons. The zero-order valence-corrected chi connectivity index (χ0v) is 13.4. The maximum Gasteiger partial charge on any atom is 0.303 e. The van der Waals surface area contributed by atoms with E-state index in [2.05, 4.69) is 20.6 Å². The summed E-state index contributed by atoms with van der Waals surface area (Å²) in [5.74, 6) is -1.39. The Bertz CT molecular complexity index is 591. The molecule has 1 aliphatic rings. The lowest BCUT2D eigenvalue weighted by molar-refractivity contribution is -0.217. The average Bonchev–Trinajstić information content (AvgIpc) is 3.00. The fourth-order valence-corrected chi connectivity index (χ4v) is 2.41. The van der Waals surface area contributed by atoms with Gasteiger partial charge in [-0.25, -0.2) is 0 Å². The van der Waals surface area contributed by atoms with Gasteiger partial charge in [0.05, 0.1) is 0 Å². The predicted octanol–water partition coefficient (Wildman–Crippen LogP) is -0.544. The summed E-state index contributed by atoms with van der Waals surface area (Å²) in [6.45, 7) is 3.52. The standard InChI is InChI=1S/C13H18N4O7/c1-6(18)21-5-11-12(23-8(3)20)9(22-7(2)19)4-10(24-11)13-14-16-17-15-13/h9-12H,4-5H2,1-3H3,(H,14,15,16,17)/t9-,10-,11-,12+/m1/s1. The van der Waals surface area contributed by atoms with Crippen molar-refractivity contribution in [2.45, 2.75) is 51.6 Å². The molecule has 0 radical (unpaired) electrons. The van der Waals surface area contributed by atoms with Crippen LogP contribution in [0.3, 0.4) is 0 Å². The molecule has 0 aliphatic carbocycles. The van der Waals surface area contributed by atoms with Crippen LogP contribution in [0.1, 0.15) is 39.1 Å². The summed E-state index contributed by atoms with van der Waals surface area (Å²) in [5.41, 5.74) is 0. The van der Waals surface area contributed by atoms with Crippen molar-refractivity contribution in [3.05, 3.63) is 5.82 Å². The molecule has 0 saturated carbocycles. The molecule has 4 atom stereocenters. The SMILES string of the molecule is CC(=O)OC[C@H]1O[C@@H](c2nn[nH]n2)C[C@@H](OC(C)=O)[C@@H]1OC(C)=O. The Balaban J connectivity index is 2.23. The van der Waals surface area contributed by atoms with Gasteiger partial charge in [-0.3, -0.25) is 14.4 Å². The van der Waals surface area contributed by atoms with Crippen LogP contribution in [0, 0.1) is 0 Å². The molecular formula is C13H18N4O7. The molecule has 0 amide bonds. The first-order valence-corrected chi connectivity index (χ1v) is 7.23. The minimum Gasteiger partial charge on any atom is -0.463 e. The summed E-state index contributed by atoms with van der Waals surface area (Å²) in [6, 6.07) is 0. The minimum atomic E-state index is -0.922. The summed E-state index contributed by atoms with van der Waals surface area (Å²) in [7, 11) is 0. The van der Waals surface area contributed by atoms with Crippen LogP contribution in [0.15, 0.2) is 0 Å². The van der Waals surface area contributed by atoms with Crippen LogP contribution < -0.4 is 0 Å². The number of ether oxygens (including phenoxy) is 4. The van der Waals surface area contributed by atoms with Crippen LogP contribution in [0.5, 0.6) is 0 Å². The smallest absolute Gasteiger partial charge is 0.303 e. The molecule has 2 rings (SSSR count). The van der Waals surface area contributed by atoms with Crippen molar-refractivity contribution in [3.8, 4) is 0 Å². The highest BCUT2D eigenvalue weighted by atomic mass is 16.6. The molecule has 1 saturated heterocycles. The van der Waals surface area contributed by atoms with Crippen molar-refractivity contribution in [2.24, 2.45) is 0 Å². The Morgan fingerprint density at radius 1 is 1.17 bits per heavy atom. The Labute approximate surface area is 137 Å². The Morgan fingerprint density at radius 3 is 2.42 bits per heavy atom. The molecule has 0 aromatic carbocycles. The van der Waals surface area contributed by atoms with E-state index in [-0.39, 0.29) is 18.9 Å². The van der Waals surface area contributed by atoms with Gasteiger partial charge in [0.1, 0.15) is 24.9 Å². The van der Waals surface area contributed by atoms with Crippen molar-refractivity contribution in [2.75, 3.05) is 6.61 Å². The molecular weight excluding hydrogens is 324 g/mol. The molecule has 1 aliphatic heterocycles. The summed E-state index contributed by atoms with van der Waals surface area (Å²) >= 11 is 0. The topological polar surface area (TPSA) is 143 Å². The third kappa shape index (κ3) is 4.72. The lowest BCUT2D eigenvalue weighted by Crippen LogP contribution is -2.51. The van der Waals surface area contributed by atoms with E-state index in [0.717, 1.165) is 0 Å². The summed E-state index contributed by atoms with van der Waals surface area (Å²) < 4.78 is 21.2. The van der Waals surface area contributed by atoms with Gasteiger partial charge in [0.25, 0.3) is 0 Å². The van der Waals surface area contributed by atoms with Crippen molar-refractivity contribution < 1.29 is 33.3 Å². The second-order valence-electron chi connectivity index (χ2n) is 5.19. The van der Waals surface area contributed by atoms with Gasteiger partial charge in [0.15, 0.2) is 6.10 Å². The number of hydrogen-bond donors (Lipinski definition) is 1. The van der Waals surface area contributed by atoms with Gasteiger partial charge in [-0.2, -0.15) is 5.21 Å². The Hall–Kier alpha value is -2.56.